The fraction of sp³-hybridized carbons (Fsp3) is 0.556. The first-order valence-electron chi connectivity index (χ1n) is 12.8. The van der Waals surface area contributed by atoms with Crippen LogP contribution in [0.1, 0.15) is 64.4 Å². The molecule has 1 saturated carbocycles. The summed E-state index contributed by atoms with van der Waals surface area (Å²) in [6, 6.07) is 9.13. The average Bonchev–Trinajstić information content (AvgIpc) is 3.49. The summed E-state index contributed by atoms with van der Waals surface area (Å²) in [6.45, 7) is 7.87. The number of carbonyl (C=O) groups is 2. The quantitative estimate of drug-likeness (QED) is 0.542. The van der Waals surface area contributed by atoms with Crippen LogP contribution in [-0.2, 0) is 20.0 Å². The molecule has 37 heavy (non-hydrogen) atoms. The average molecular weight is 525 g/mol. The Hall–Kier alpha value is -2.90. The van der Waals surface area contributed by atoms with Crippen LogP contribution in [0.15, 0.2) is 24.3 Å². The molecule has 0 spiro atoms. The molecule has 1 saturated heterocycles. The monoisotopic (exact) mass is 524 g/mol. The van der Waals surface area contributed by atoms with Gasteiger partial charge in [-0.05, 0) is 50.8 Å². The van der Waals surface area contributed by atoms with Gasteiger partial charge in [0, 0.05) is 61.4 Å². The van der Waals surface area contributed by atoms with Gasteiger partial charge in [0.25, 0.3) is 11.8 Å². The second-order valence-electron chi connectivity index (χ2n) is 11.1. The minimum absolute atomic E-state index is 0.0205. The van der Waals surface area contributed by atoms with Crippen LogP contribution in [0.25, 0.3) is 0 Å². The Morgan fingerprint density at radius 1 is 1.30 bits per heavy atom. The Labute approximate surface area is 221 Å². The van der Waals surface area contributed by atoms with Gasteiger partial charge in [-0.2, -0.15) is 10.4 Å². The van der Waals surface area contributed by atoms with Crippen molar-refractivity contribution in [2.75, 3.05) is 32.7 Å². The molecular weight excluding hydrogens is 491 g/mol. The number of amides is 2. The SMILES string of the molecule is Cn1nc(C(=O)NCc2ccc(C#N)cc2)c2c1C(=O)N(CC1(SC(C)(C)CN3CC(F)C3)CC1)CC2. The van der Waals surface area contributed by atoms with Crippen molar-refractivity contribution in [3.8, 4) is 6.07 Å². The maximum absolute atomic E-state index is 13.5. The number of alkyl halides is 1. The van der Waals surface area contributed by atoms with Gasteiger partial charge in [-0.15, -0.1) is 11.8 Å². The van der Waals surface area contributed by atoms with Crippen LogP contribution in [0, 0.1) is 11.3 Å². The van der Waals surface area contributed by atoms with Gasteiger partial charge in [0.15, 0.2) is 5.69 Å². The number of aryl methyl sites for hydroxylation is 1. The summed E-state index contributed by atoms with van der Waals surface area (Å²) < 4.78 is 14.8. The second kappa shape index (κ2) is 9.76. The van der Waals surface area contributed by atoms with Crippen LogP contribution in [0.4, 0.5) is 4.39 Å². The van der Waals surface area contributed by atoms with Crippen molar-refractivity contribution in [1.29, 1.82) is 5.26 Å². The van der Waals surface area contributed by atoms with Crippen molar-refractivity contribution in [2.45, 2.75) is 55.3 Å². The van der Waals surface area contributed by atoms with E-state index in [2.05, 4.69) is 35.2 Å². The molecule has 3 aliphatic rings. The van der Waals surface area contributed by atoms with Crippen molar-refractivity contribution in [3.05, 3.63) is 52.3 Å². The largest absolute Gasteiger partial charge is 0.347 e. The molecule has 1 aliphatic carbocycles. The Kier molecular flexibility index (Phi) is 6.79. The molecule has 0 radical (unpaired) electrons. The zero-order valence-electron chi connectivity index (χ0n) is 21.6. The number of hydrogen-bond donors (Lipinski definition) is 1. The molecule has 1 N–H and O–H groups in total. The van der Waals surface area contributed by atoms with E-state index < -0.39 is 6.17 Å². The number of hydrogen-bond acceptors (Lipinski definition) is 6. The smallest absolute Gasteiger partial charge is 0.272 e. The molecule has 0 atom stereocenters. The maximum Gasteiger partial charge on any atom is 0.272 e. The third kappa shape index (κ3) is 5.53. The molecule has 0 unspecified atom stereocenters. The Morgan fingerprint density at radius 3 is 2.62 bits per heavy atom. The van der Waals surface area contributed by atoms with Crippen molar-refractivity contribution < 1.29 is 14.0 Å². The van der Waals surface area contributed by atoms with Crippen molar-refractivity contribution in [2.24, 2.45) is 7.05 Å². The number of nitriles is 1. The highest BCUT2D eigenvalue weighted by atomic mass is 32.2. The lowest BCUT2D eigenvalue weighted by Gasteiger charge is -2.41. The molecule has 2 aliphatic heterocycles. The van der Waals surface area contributed by atoms with Gasteiger partial charge >= 0.3 is 0 Å². The van der Waals surface area contributed by atoms with Gasteiger partial charge in [-0.3, -0.25) is 19.2 Å². The normalized spacial score (nSPS) is 19.2. The molecule has 2 fully saturated rings. The third-order valence-corrected chi connectivity index (χ3v) is 8.97. The van der Waals surface area contributed by atoms with Gasteiger partial charge in [-0.1, -0.05) is 12.1 Å². The molecule has 10 heteroatoms. The Morgan fingerprint density at radius 2 is 2.00 bits per heavy atom. The van der Waals surface area contributed by atoms with E-state index in [-0.39, 0.29) is 21.3 Å². The summed E-state index contributed by atoms with van der Waals surface area (Å²) in [5, 5.41) is 16.2. The van der Waals surface area contributed by atoms with Gasteiger partial charge in [0.2, 0.25) is 0 Å². The number of rotatable bonds is 9. The minimum atomic E-state index is -0.697. The zero-order valence-corrected chi connectivity index (χ0v) is 22.4. The number of thioether (sulfide) groups is 1. The van der Waals surface area contributed by atoms with Crippen LogP contribution in [0.5, 0.6) is 0 Å². The number of nitrogens with zero attached hydrogens (tertiary/aromatic N) is 5. The van der Waals surface area contributed by atoms with E-state index in [1.165, 1.54) is 4.68 Å². The number of halogens is 1. The summed E-state index contributed by atoms with van der Waals surface area (Å²) in [4.78, 5) is 30.5. The van der Waals surface area contributed by atoms with E-state index in [1.54, 1.807) is 19.2 Å². The number of nitrogens with one attached hydrogen (secondary N) is 1. The molecule has 1 aromatic carbocycles. The van der Waals surface area contributed by atoms with Gasteiger partial charge < -0.3 is 10.2 Å². The fourth-order valence-corrected chi connectivity index (χ4v) is 7.39. The maximum atomic E-state index is 13.5. The number of likely N-dealkylation sites (tertiary alicyclic amines) is 1. The molecular formula is C27H33FN6O2S. The van der Waals surface area contributed by atoms with Crippen LogP contribution < -0.4 is 5.32 Å². The van der Waals surface area contributed by atoms with Crippen LogP contribution >= 0.6 is 11.8 Å². The van der Waals surface area contributed by atoms with Crippen molar-refractivity contribution in [3.63, 3.8) is 0 Å². The van der Waals surface area contributed by atoms with Crippen LogP contribution in [-0.4, -0.2) is 79.8 Å². The topological polar surface area (TPSA) is 94.3 Å². The highest BCUT2D eigenvalue weighted by molar-refractivity contribution is 8.02. The van der Waals surface area contributed by atoms with Gasteiger partial charge in [0.05, 0.1) is 11.6 Å². The van der Waals surface area contributed by atoms with Crippen molar-refractivity contribution >= 4 is 23.6 Å². The highest BCUT2D eigenvalue weighted by Crippen LogP contribution is 2.54. The Balaban J connectivity index is 1.22. The molecule has 0 bridgehead atoms. The molecule has 5 rings (SSSR count). The number of benzene rings is 1. The molecule has 2 aromatic rings. The minimum Gasteiger partial charge on any atom is -0.347 e. The van der Waals surface area contributed by atoms with E-state index in [0.29, 0.717) is 61.7 Å². The molecule has 2 amide bonds. The fourth-order valence-electron chi connectivity index (χ4n) is 5.44. The summed E-state index contributed by atoms with van der Waals surface area (Å²) in [5.74, 6) is -0.380. The first-order valence-corrected chi connectivity index (χ1v) is 13.6. The molecule has 8 nitrogen and oxygen atoms in total. The predicted molar refractivity (Wildman–Crippen MR) is 140 cm³/mol. The number of aromatic nitrogens is 2. The summed E-state index contributed by atoms with van der Waals surface area (Å²) in [7, 11) is 1.72. The molecule has 1 aromatic heterocycles. The molecule has 3 heterocycles. The number of fused-ring (bicyclic) bond motifs is 1. The van der Waals surface area contributed by atoms with Crippen molar-refractivity contribution in [1.82, 2.24) is 24.9 Å². The first kappa shape index (κ1) is 25.7. The van der Waals surface area contributed by atoms with Crippen LogP contribution in [0.3, 0.4) is 0 Å². The Bertz CT molecular complexity index is 1240. The lowest BCUT2D eigenvalue weighted by Crippen LogP contribution is -2.53. The number of carbonyl (C=O) groups excluding carboxylic acids is 2. The summed E-state index contributed by atoms with van der Waals surface area (Å²) >= 11 is 1.93. The highest BCUT2D eigenvalue weighted by Gasteiger charge is 2.50. The lowest BCUT2D eigenvalue weighted by molar-refractivity contribution is 0.0598. The predicted octanol–water partition coefficient (Wildman–Crippen LogP) is 2.92. The van der Waals surface area contributed by atoms with Gasteiger partial charge in [-0.25, -0.2) is 4.39 Å². The van der Waals surface area contributed by atoms with E-state index in [1.807, 2.05) is 28.8 Å². The summed E-state index contributed by atoms with van der Waals surface area (Å²) in [5.41, 5.74) is 2.95. The summed E-state index contributed by atoms with van der Waals surface area (Å²) in [6.07, 6.45) is 2.03. The first-order chi connectivity index (χ1) is 17.6. The van der Waals surface area contributed by atoms with E-state index in [9.17, 15) is 14.0 Å². The molecule has 196 valence electrons. The second-order valence-corrected chi connectivity index (χ2v) is 13.3. The van der Waals surface area contributed by atoms with E-state index >= 15 is 0 Å². The van der Waals surface area contributed by atoms with Gasteiger partial charge in [0.1, 0.15) is 11.9 Å². The standard InChI is InChI=1S/C27H33FN6O2S/c1-26(2,16-33-14-20(28)15-33)37-27(9-10-27)17-34-11-8-21-22(31-32(3)23(21)25(34)36)24(35)30-13-19-6-4-18(12-29)5-7-19/h4-7,20H,8-11,13-17H2,1-3H3,(H,30,35). The lowest BCUT2D eigenvalue weighted by atomic mass is 10.0. The van der Waals surface area contributed by atoms with E-state index in [4.69, 9.17) is 5.26 Å². The zero-order chi connectivity index (χ0) is 26.4. The van der Waals surface area contributed by atoms with Crippen LogP contribution in [0.2, 0.25) is 0 Å². The third-order valence-electron chi connectivity index (χ3n) is 7.31. The van der Waals surface area contributed by atoms with E-state index in [0.717, 1.165) is 24.9 Å².